The number of ether oxygens (including phenoxy) is 2. The molecule has 8 nitrogen and oxygen atoms in total. The predicted octanol–water partition coefficient (Wildman–Crippen LogP) is 4.67. The summed E-state index contributed by atoms with van der Waals surface area (Å²) in [5.74, 6) is -3.16. The van der Waals surface area contributed by atoms with Crippen LogP contribution in [0.4, 0.5) is 5.69 Å². The van der Waals surface area contributed by atoms with E-state index in [1.807, 2.05) is 86.6 Å². The van der Waals surface area contributed by atoms with Crippen LogP contribution >= 0.6 is 0 Å². The molecule has 3 unspecified atom stereocenters. The molecule has 2 bridgehead atoms. The highest BCUT2D eigenvalue weighted by atomic mass is 16.6. The van der Waals surface area contributed by atoms with Crippen molar-refractivity contribution in [2.24, 2.45) is 17.8 Å². The molecule has 8 heteroatoms. The third-order valence-electron chi connectivity index (χ3n) is 9.84. The number of aliphatic hydroxyl groups is 1. The zero-order valence-electron chi connectivity index (χ0n) is 24.8. The summed E-state index contributed by atoms with van der Waals surface area (Å²) in [6.07, 6.45) is 2.07. The Hall–Kier alpha value is -4.01. The molecule has 2 amide bonds. The number of hydrogen-bond donors (Lipinski definition) is 1. The first kappa shape index (κ1) is 29.1. The quantitative estimate of drug-likeness (QED) is 0.291. The van der Waals surface area contributed by atoms with Gasteiger partial charge in [0.25, 0.3) is 5.91 Å². The van der Waals surface area contributed by atoms with Crippen LogP contribution in [0.3, 0.4) is 0 Å². The van der Waals surface area contributed by atoms with Crippen LogP contribution in [0.2, 0.25) is 0 Å². The topological polar surface area (TPSA) is 96.4 Å². The molecule has 3 fully saturated rings. The lowest BCUT2D eigenvalue weighted by molar-refractivity contribution is -0.162. The van der Waals surface area contributed by atoms with E-state index in [9.17, 15) is 14.7 Å². The summed E-state index contributed by atoms with van der Waals surface area (Å²) in [6.45, 7) is 9.46. The molecule has 7 atom stereocenters. The number of hydrogen-bond acceptors (Lipinski definition) is 6. The summed E-state index contributed by atoms with van der Waals surface area (Å²) >= 11 is 0. The summed E-state index contributed by atoms with van der Waals surface area (Å²) in [7, 11) is 0. The second-order valence-corrected chi connectivity index (χ2v) is 12.1. The molecule has 0 aliphatic carbocycles. The maximum atomic E-state index is 15.0. The molecule has 0 radical (unpaired) electrons. The number of benzene rings is 3. The van der Waals surface area contributed by atoms with Gasteiger partial charge in [0.2, 0.25) is 5.91 Å². The minimum absolute atomic E-state index is 0.126. The maximum Gasteiger partial charge on any atom is 0.312 e. The van der Waals surface area contributed by atoms with E-state index in [0.717, 1.165) is 10.8 Å². The Balaban J connectivity index is 1.52. The number of esters is 1. The highest BCUT2D eigenvalue weighted by Crippen LogP contribution is 2.66. The molecule has 3 aromatic carbocycles. The maximum absolute atomic E-state index is 15.0. The van der Waals surface area contributed by atoms with E-state index in [4.69, 9.17) is 9.47 Å². The van der Waals surface area contributed by atoms with Gasteiger partial charge in [-0.15, -0.1) is 6.58 Å². The van der Waals surface area contributed by atoms with Crippen LogP contribution in [0.25, 0.3) is 10.8 Å². The van der Waals surface area contributed by atoms with Crippen molar-refractivity contribution in [2.45, 2.75) is 50.5 Å². The van der Waals surface area contributed by atoms with E-state index in [-0.39, 0.29) is 30.9 Å². The number of carbonyl (C=O) groups is 3. The molecule has 3 saturated heterocycles. The summed E-state index contributed by atoms with van der Waals surface area (Å²) in [4.78, 5) is 46.3. The van der Waals surface area contributed by atoms with Gasteiger partial charge in [0.05, 0.1) is 30.8 Å². The first-order valence-electron chi connectivity index (χ1n) is 15.0. The average Bonchev–Trinajstić information content (AvgIpc) is 3.53. The summed E-state index contributed by atoms with van der Waals surface area (Å²) in [5.41, 5.74) is -0.914. The van der Waals surface area contributed by atoms with Crippen LogP contribution in [0.1, 0.15) is 38.8 Å². The van der Waals surface area contributed by atoms with Crippen LogP contribution < -0.4 is 4.90 Å². The number of nitrogens with zero attached hydrogens (tertiary/aromatic N) is 2. The first-order chi connectivity index (χ1) is 20.7. The van der Waals surface area contributed by atoms with Gasteiger partial charge in [-0.05, 0) is 54.7 Å². The second-order valence-electron chi connectivity index (χ2n) is 12.1. The van der Waals surface area contributed by atoms with Crippen molar-refractivity contribution in [1.82, 2.24) is 4.90 Å². The number of carbonyl (C=O) groups excluding carboxylic acids is 3. The fourth-order valence-corrected chi connectivity index (χ4v) is 7.86. The molecular formula is C35H38N2O6. The molecule has 1 spiro atoms. The second kappa shape index (κ2) is 10.9. The van der Waals surface area contributed by atoms with Crippen molar-refractivity contribution in [1.29, 1.82) is 0 Å². The van der Waals surface area contributed by atoms with Gasteiger partial charge in [0, 0.05) is 12.2 Å². The summed E-state index contributed by atoms with van der Waals surface area (Å²) < 4.78 is 12.3. The summed E-state index contributed by atoms with van der Waals surface area (Å²) in [6, 6.07) is 21.0. The van der Waals surface area contributed by atoms with Gasteiger partial charge < -0.3 is 24.4 Å². The van der Waals surface area contributed by atoms with Crippen molar-refractivity contribution in [3.63, 3.8) is 0 Å². The minimum atomic E-state index is -1.28. The van der Waals surface area contributed by atoms with Crippen molar-refractivity contribution in [2.75, 3.05) is 24.7 Å². The van der Waals surface area contributed by atoms with Crippen LogP contribution in [0.5, 0.6) is 0 Å². The van der Waals surface area contributed by atoms with E-state index in [1.165, 1.54) is 4.90 Å². The lowest BCUT2D eigenvalue weighted by atomic mass is 9.62. The van der Waals surface area contributed by atoms with Gasteiger partial charge in [-0.1, -0.05) is 73.7 Å². The molecular weight excluding hydrogens is 544 g/mol. The normalized spacial score (nSPS) is 29.9. The van der Waals surface area contributed by atoms with Crippen LogP contribution in [0, 0.1) is 17.8 Å². The highest BCUT2D eigenvalue weighted by Gasteiger charge is 2.81. The van der Waals surface area contributed by atoms with Crippen LogP contribution in [-0.2, 0) is 23.9 Å². The molecule has 3 heterocycles. The Morgan fingerprint density at radius 1 is 1.14 bits per heavy atom. The van der Waals surface area contributed by atoms with Crippen molar-refractivity contribution < 1.29 is 29.0 Å². The molecule has 1 N–H and O–H groups in total. The van der Waals surface area contributed by atoms with E-state index >= 15 is 4.79 Å². The standard InChI is InChI=1S/C35H38N2O6/c1-5-18-36(26-17-16-23-12-10-11-15-25(23)19-26)32(40)30-35-20-22(3)34(4,43-35)29(33(41)42-6-2)28(35)31(39)37(30)27(21-38)24-13-8-7-9-14-24/h5,7-17,19,22,27-30,38H,1,6,18,20-21H2,2-4H3/t22?,27-,28+,29+,30?,34-,35?/m1/s1. The fourth-order valence-electron chi connectivity index (χ4n) is 7.86. The summed E-state index contributed by atoms with van der Waals surface area (Å²) in [5, 5.41) is 12.8. The molecule has 6 rings (SSSR count). The minimum Gasteiger partial charge on any atom is -0.466 e. The average molecular weight is 583 g/mol. The molecule has 43 heavy (non-hydrogen) atoms. The zero-order chi connectivity index (χ0) is 30.5. The number of likely N-dealkylation sites (tertiary alicyclic amines) is 1. The lowest BCUT2D eigenvalue weighted by Crippen LogP contribution is -2.57. The fraction of sp³-hybridized carbons (Fsp3) is 0.400. The lowest BCUT2D eigenvalue weighted by Gasteiger charge is -2.39. The van der Waals surface area contributed by atoms with Gasteiger partial charge in [-0.3, -0.25) is 14.4 Å². The third kappa shape index (κ3) is 4.30. The predicted molar refractivity (Wildman–Crippen MR) is 163 cm³/mol. The van der Waals surface area contributed by atoms with Crippen molar-refractivity contribution in [3.8, 4) is 0 Å². The smallest absolute Gasteiger partial charge is 0.312 e. The van der Waals surface area contributed by atoms with Gasteiger partial charge in [-0.25, -0.2) is 0 Å². The third-order valence-corrected chi connectivity index (χ3v) is 9.84. The Morgan fingerprint density at radius 2 is 1.84 bits per heavy atom. The Kier molecular flexibility index (Phi) is 7.39. The monoisotopic (exact) mass is 582 g/mol. The molecule has 0 saturated carbocycles. The number of amides is 2. The Morgan fingerprint density at radius 3 is 2.51 bits per heavy atom. The van der Waals surface area contributed by atoms with Crippen LogP contribution in [0.15, 0.2) is 85.5 Å². The molecule has 3 aliphatic rings. The molecule has 0 aromatic heterocycles. The Labute approximate surface area is 251 Å². The zero-order valence-corrected chi connectivity index (χ0v) is 24.8. The van der Waals surface area contributed by atoms with E-state index in [1.54, 1.807) is 17.9 Å². The molecule has 3 aliphatic heterocycles. The van der Waals surface area contributed by atoms with E-state index in [0.29, 0.717) is 17.7 Å². The largest absolute Gasteiger partial charge is 0.466 e. The molecule has 224 valence electrons. The van der Waals surface area contributed by atoms with E-state index < -0.39 is 47.7 Å². The first-order valence-corrected chi connectivity index (χ1v) is 15.0. The number of rotatable bonds is 9. The van der Waals surface area contributed by atoms with E-state index in [2.05, 4.69) is 6.58 Å². The number of anilines is 1. The Bertz CT molecular complexity index is 1570. The van der Waals surface area contributed by atoms with Gasteiger partial charge in [0.1, 0.15) is 17.6 Å². The van der Waals surface area contributed by atoms with Crippen molar-refractivity contribution >= 4 is 34.2 Å². The SMILES string of the molecule is C=CCN(C(=O)C1N([C@H](CO)c2ccccc2)C(=O)[C@@H]2[C@@H](C(=O)OCC)[C@]3(C)OC12CC3C)c1ccc2ccccc2c1. The van der Waals surface area contributed by atoms with Gasteiger partial charge in [-0.2, -0.15) is 0 Å². The number of aliphatic hydroxyl groups excluding tert-OH is 1. The number of fused-ring (bicyclic) bond motifs is 2. The van der Waals surface area contributed by atoms with Gasteiger partial charge in [0.15, 0.2) is 0 Å². The van der Waals surface area contributed by atoms with Gasteiger partial charge >= 0.3 is 5.97 Å². The highest BCUT2D eigenvalue weighted by molar-refractivity contribution is 6.06. The molecule has 3 aromatic rings. The van der Waals surface area contributed by atoms with Crippen molar-refractivity contribution in [3.05, 3.63) is 91.0 Å². The van der Waals surface area contributed by atoms with Crippen LogP contribution in [-0.4, -0.2) is 64.8 Å².